The zero-order valence-electron chi connectivity index (χ0n) is 23.7. The van der Waals surface area contributed by atoms with Crippen molar-refractivity contribution in [1.29, 1.82) is 5.26 Å². The van der Waals surface area contributed by atoms with Crippen molar-refractivity contribution in [2.45, 2.75) is 25.4 Å². The molecule has 43 heavy (non-hydrogen) atoms. The molecule has 0 unspecified atom stereocenters. The van der Waals surface area contributed by atoms with Crippen molar-refractivity contribution >= 4 is 36.3 Å². The van der Waals surface area contributed by atoms with Gasteiger partial charge < -0.3 is 23.5 Å². The molecule has 0 spiro atoms. The van der Waals surface area contributed by atoms with Crippen LogP contribution in [0.3, 0.4) is 0 Å². The third-order valence-corrected chi connectivity index (χ3v) is 7.00. The number of anilines is 1. The van der Waals surface area contributed by atoms with Crippen molar-refractivity contribution in [3.05, 3.63) is 84.2 Å². The number of carbonyl (C=O) groups excluding carboxylic acids is 3. The molecule has 12 heteroatoms. The van der Waals surface area contributed by atoms with E-state index in [0.717, 1.165) is 5.57 Å². The normalized spacial score (nSPS) is 21.9. The Morgan fingerprint density at radius 2 is 1.77 bits per heavy atom. The third kappa shape index (κ3) is 7.44. The van der Waals surface area contributed by atoms with Crippen LogP contribution < -0.4 is 19.8 Å². The molecule has 11 nitrogen and oxygen atoms in total. The zero-order chi connectivity index (χ0) is 30.3. The summed E-state index contributed by atoms with van der Waals surface area (Å²) in [5, 5.41) is 9.52. The summed E-state index contributed by atoms with van der Waals surface area (Å²) in [4.78, 5) is 39.2. The molecular formula is C31H30BN3O8. The minimum atomic E-state index is -1.11. The first-order chi connectivity index (χ1) is 20.8. The maximum Gasteiger partial charge on any atom is 0.636 e. The fourth-order valence-corrected chi connectivity index (χ4v) is 4.79. The van der Waals surface area contributed by atoms with E-state index < -0.39 is 25.2 Å². The van der Waals surface area contributed by atoms with Gasteiger partial charge in [0, 0.05) is 17.9 Å². The van der Waals surface area contributed by atoms with Crippen molar-refractivity contribution < 1.29 is 37.9 Å². The summed E-state index contributed by atoms with van der Waals surface area (Å²) in [6.45, 7) is 4.83. The van der Waals surface area contributed by atoms with E-state index in [1.54, 1.807) is 49.5 Å². The van der Waals surface area contributed by atoms with Gasteiger partial charge in [-0.1, -0.05) is 30.9 Å². The molecule has 5 rings (SSSR count). The van der Waals surface area contributed by atoms with Crippen LogP contribution in [0.4, 0.5) is 10.5 Å². The van der Waals surface area contributed by atoms with Gasteiger partial charge in [0.25, 0.3) is 0 Å². The van der Waals surface area contributed by atoms with Crippen molar-refractivity contribution in [3.8, 4) is 17.6 Å². The maximum atomic E-state index is 12.1. The Kier molecular flexibility index (Phi) is 9.12. The van der Waals surface area contributed by atoms with E-state index in [9.17, 15) is 19.6 Å². The number of carbonyl (C=O) groups is 3. The summed E-state index contributed by atoms with van der Waals surface area (Å²) in [5.41, 5.74) is 2.08. The van der Waals surface area contributed by atoms with Crippen LogP contribution >= 0.6 is 0 Å². The van der Waals surface area contributed by atoms with Crippen molar-refractivity contribution in [3.63, 3.8) is 0 Å². The molecule has 2 aromatic rings. The van der Waals surface area contributed by atoms with Gasteiger partial charge in [0.2, 0.25) is 0 Å². The van der Waals surface area contributed by atoms with Gasteiger partial charge in [0.05, 0.1) is 30.9 Å². The van der Waals surface area contributed by atoms with Gasteiger partial charge in [0.1, 0.15) is 36.0 Å². The Morgan fingerprint density at radius 1 is 1.05 bits per heavy atom. The Balaban J connectivity index is 1.20. The number of nitriles is 1. The van der Waals surface area contributed by atoms with Crippen LogP contribution in [0, 0.1) is 11.3 Å². The van der Waals surface area contributed by atoms with E-state index in [2.05, 4.69) is 12.6 Å². The number of hydrogen-bond acceptors (Lipinski definition) is 10. The Labute approximate surface area is 249 Å². The van der Waals surface area contributed by atoms with Crippen LogP contribution in [0.1, 0.15) is 24.8 Å². The van der Waals surface area contributed by atoms with Gasteiger partial charge in [-0.25, -0.2) is 4.79 Å². The molecule has 3 aliphatic rings. The lowest BCUT2D eigenvalue weighted by molar-refractivity contribution is -0.145. The molecule has 1 aliphatic carbocycles. The molecular weight excluding hydrogens is 553 g/mol. The summed E-state index contributed by atoms with van der Waals surface area (Å²) in [7, 11) is 0.529. The van der Waals surface area contributed by atoms with Crippen LogP contribution in [0.25, 0.3) is 0 Å². The van der Waals surface area contributed by atoms with Gasteiger partial charge in [-0.15, -0.1) is 0 Å². The Morgan fingerprint density at radius 3 is 2.44 bits per heavy atom. The summed E-state index contributed by atoms with van der Waals surface area (Å²) in [5.74, 6) is 0.687. The van der Waals surface area contributed by atoms with Crippen LogP contribution in [0.5, 0.6) is 11.5 Å². The molecule has 2 aliphatic heterocycles. The van der Waals surface area contributed by atoms with Crippen LogP contribution in [0.2, 0.25) is 0 Å². The number of allylic oxidation sites excluding steroid dienone is 3. The highest BCUT2D eigenvalue weighted by atomic mass is 16.6. The van der Waals surface area contributed by atoms with Gasteiger partial charge >= 0.3 is 25.2 Å². The second-order valence-corrected chi connectivity index (χ2v) is 10.3. The molecule has 220 valence electrons. The zero-order valence-corrected chi connectivity index (χ0v) is 23.7. The molecule has 2 heterocycles. The lowest BCUT2D eigenvalue weighted by Crippen LogP contribution is -2.47. The molecule has 1 atom stereocenters. The quantitative estimate of drug-likeness (QED) is 0.468. The molecule has 0 N–H and O–H groups in total. The number of benzene rings is 2. The summed E-state index contributed by atoms with van der Waals surface area (Å²) >= 11 is 0. The molecule has 0 radical (unpaired) electrons. The van der Waals surface area contributed by atoms with E-state index in [0.29, 0.717) is 59.8 Å². The number of ether oxygens (including phenoxy) is 3. The topological polar surface area (TPSA) is 128 Å². The number of hydrogen-bond donors (Lipinski definition) is 0. The molecule has 1 amide bonds. The number of amides is 1. The highest BCUT2D eigenvalue weighted by molar-refractivity contribution is 6.64. The fraction of sp³-hybridized carbons (Fsp3) is 0.290. The average molecular weight is 583 g/mol. The second-order valence-electron chi connectivity index (χ2n) is 10.3. The number of cyclic esters (lactones) is 1. The first-order valence-corrected chi connectivity index (χ1v) is 13.8. The number of likely N-dealkylation sites (N-methyl/N-ethyl adjacent to an activating group) is 1. The summed E-state index contributed by atoms with van der Waals surface area (Å²) in [6, 6.07) is 14.0. The van der Waals surface area contributed by atoms with Gasteiger partial charge in [-0.2, -0.15) is 5.26 Å². The van der Waals surface area contributed by atoms with Gasteiger partial charge in [-0.3, -0.25) is 19.4 Å². The van der Waals surface area contributed by atoms with E-state index >= 15 is 0 Å². The average Bonchev–Trinajstić information content (AvgIpc) is 3.43. The Hall–Kier alpha value is -5.02. The SMILES string of the molecule is C=C1CC[C@@H](Oc2ccc(B3OC(=O)CN(C)CC(=O)O3)cc2)C/C=C\C=C/1Oc1ccc(C#N)c(N2CCOC2=O)c1. The van der Waals surface area contributed by atoms with Crippen LogP contribution in [0.15, 0.2) is 78.6 Å². The second kappa shape index (κ2) is 13.3. The van der Waals surface area contributed by atoms with E-state index in [1.165, 1.54) is 9.80 Å². The van der Waals surface area contributed by atoms with E-state index in [4.69, 9.17) is 23.5 Å². The Bertz CT molecular complexity index is 1490. The van der Waals surface area contributed by atoms with Crippen molar-refractivity contribution in [1.82, 2.24) is 4.90 Å². The lowest BCUT2D eigenvalue weighted by Gasteiger charge is -2.23. The van der Waals surface area contributed by atoms with Crippen LogP contribution in [-0.4, -0.2) is 69.4 Å². The number of rotatable bonds is 6. The molecule has 0 aromatic heterocycles. The molecule has 2 saturated heterocycles. The highest BCUT2D eigenvalue weighted by Crippen LogP contribution is 2.31. The fourth-order valence-electron chi connectivity index (χ4n) is 4.79. The monoisotopic (exact) mass is 583 g/mol. The van der Waals surface area contributed by atoms with E-state index in [1.807, 2.05) is 18.2 Å². The van der Waals surface area contributed by atoms with Crippen LogP contribution in [-0.2, 0) is 23.6 Å². The maximum absolute atomic E-state index is 12.1. The van der Waals surface area contributed by atoms with Crippen molar-refractivity contribution in [2.75, 3.05) is 38.2 Å². The summed E-state index contributed by atoms with van der Waals surface area (Å²) in [6.07, 6.45) is 6.94. The standard InChI is InChI=1S/C31H30BN3O8/c1-21-7-11-24(40-25-13-9-23(10-14-25)32-42-29(36)19-34(2)20-30(37)43-32)5-3-4-6-28(21)41-26-12-8-22(18-33)27(17-26)35-15-16-39-31(35)38/h3-4,6,8-10,12-14,17,24H,1,5,7,11,15-16,19-20H2,2H3/b4-3-,28-6+/t24-/m0/s1. The van der Waals surface area contributed by atoms with E-state index in [-0.39, 0.29) is 25.8 Å². The first kappa shape index (κ1) is 29.5. The smallest absolute Gasteiger partial charge is 0.494 e. The summed E-state index contributed by atoms with van der Waals surface area (Å²) < 4.78 is 28.1. The molecule has 2 fully saturated rings. The predicted molar refractivity (Wildman–Crippen MR) is 157 cm³/mol. The third-order valence-electron chi connectivity index (χ3n) is 7.00. The minimum Gasteiger partial charge on any atom is -0.494 e. The number of nitrogens with zero attached hydrogens (tertiary/aromatic N) is 3. The molecule has 2 aromatic carbocycles. The largest absolute Gasteiger partial charge is 0.636 e. The van der Waals surface area contributed by atoms with Gasteiger partial charge in [-0.05, 0) is 55.8 Å². The van der Waals surface area contributed by atoms with Gasteiger partial charge in [0.15, 0.2) is 0 Å². The molecule has 0 bridgehead atoms. The first-order valence-electron chi connectivity index (χ1n) is 13.8. The highest BCUT2D eigenvalue weighted by Gasteiger charge is 2.33. The minimum absolute atomic E-state index is 0.00154. The lowest BCUT2D eigenvalue weighted by atomic mass is 9.78. The predicted octanol–water partition coefficient (Wildman–Crippen LogP) is 3.25. The molecule has 0 saturated carbocycles. The van der Waals surface area contributed by atoms with Crippen molar-refractivity contribution in [2.24, 2.45) is 0 Å².